The standard InChI is InChI=1S/C13H23N3OS/c1-2-11(5-7-14)3-4-13(17)15-8-6-12-9-18-10-16-12/h9-11H,2-8,14H2,1H3,(H,15,17). The van der Waals surface area contributed by atoms with Crippen LogP contribution in [0, 0.1) is 5.92 Å². The number of nitrogens with one attached hydrogen (secondary N) is 1. The molecule has 18 heavy (non-hydrogen) atoms. The molecule has 3 N–H and O–H groups in total. The number of nitrogens with two attached hydrogens (primary N) is 1. The SMILES string of the molecule is CCC(CCN)CCC(=O)NCCc1cscn1. The normalized spacial score (nSPS) is 12.3. The lowest BCUT2D eigenvalue weighted by molar-refractivity contribution is -0.121. The fourth-order valence-corrected chi connectivity index (χ4v) is 2.50. The van der Waals surface area contributed by atoms with Crippen molar-refractivity contribution in [2.45, 2.75) is 39.0 Å². The fraction of sp³-hybridized carbons (Fsp3) is 0.692. The largest absolute Gasteiger partial charge is 0.356 e. The first-order chi connectivity index (χ1) is 8.76. The summed E-state index contributed by atoms with van der Waals surface area (Å²) in [4.78, 5) is 15.8. The summed E-state index contributed by atoms with van der Waals surface area (Å²) in [6, 6.07) is 0. The summed E-state index contributed by atoms with van der Waals surface area (Å²) in [5, 5.41) is 4.95. The predicted octanol–water partition coefficient (Wildman–Crippen LogP) is 1.96. The number of hydrogen-bond donors (Lipinski definition) is 2. The number of rotatable bonds is 9. The van der Waals surface area contributed by atoms with Crippen LogP contribution >= 0.6 is 11.3 Å². The second kappa shape index (κ2) is 9.05. The van der Waals surface area contributed by atoms with Crippen molar-refractivity contribution in [2.24, 2.45) is 11.7 Å². The van der Waals surface area contributed by atoms with Gasteiger partial charge in [-0.3, -0.25) is 4.79 Å². The lowest BCUT2D eigenvalue weighted by Crippen LogP contribution is -2.26. The first kappa shape index (κ1) is 15.1. The highest BCUT2D eigenvalue weighted by atomic mass is 32.1. The summed E-state index contributed by atoms with van der Waals surface area (Å²) in [6.45, 7) is 3.54. The van der Waals surface area contributed by atoms with Gasteiger partial charge in [0.15, 0.2) is 0 Å². The van der Waals surface area contributed by atoms with Crippen molar-refractivity contribution >= 4 is 17.2 Å². The van der Waals surface area contributed by atoms with Crippen molar-refractivity contribution in [2.75, 3.05) is 13.1 Å². The maximum Gasteiger partial charge on any atom is 0.220 e. The third-order valence-electron chi connectivity index (χ3n) is 3.12. The minimum Gasteiger partial charge on any atom is -0.356 e. The van der Waals surface area contributed by atoms with E-state index in [-0.39, 0.29) is 5.91 Å². The van der Waals surface area contributed by atoms with Crippen LogP contribution in [0.4, 0.5) is 0 Å². The third-order valence-corrected chi connectivity index (χ3v) is 3.75. The van der Waals surface area contributed by atoms with E-state index in [0.717, 1.165) is 31.4 Å². The van der Waals surface area contributed by atoms with Gasteiger partial charge in [0.05, 0.1) is 11.2 Å². The third kappa shape index (κ3) is 6.12. The predicted molar refractivity (Wildman–Crippen MR) is 75.5 cm³/mol. The Balaban J connectivity index is 2.09. The van der Waals surface area contributed by atoms with E-state index >= 15 is 0 Å². The van der Waals surface area contributed by atoms with E-state index in [2.05, 4.69) is 17.2 Å². The number of hydrogen-bond acceptors (Lipinski definition) is 4. The van der Waals surface area contributed by atoms with Gasteiger partial charge in [-0.1, -0.05) is 13.3 Å². The molecule has 1 aromatic rings. The van der Waals surface area contributed by atoms with Gasteiger partial charge in [-0.2, -0.15) is 0 Å². The maximum atomic E-state index is 11.6. The Labute approximate surface area is 113 Å². The molecule has 1 amide bonds. The molecule has 5 heteroatoms. The summed E-state index contributed by atoms with van der Waals surface area (Å²) in [7, 11) is 0. The molecular weight excluding hydrogens is 246 g/mol. The van der Waals surface area contributed by atoms with Crippen LogP contribution < -0.4 is 11.1 Å². The molecule has 1 rings (SSSR count). The molecule has 0 spiro atoms. The molecule has 1 unspecified atom stereocenters. The van der Waals surface area contributed by atoms with Gasteiger partial charge in [-0.15, -0.1) is 11.3 Å². The molecule has 1 atom stereocenters. The van der Waals surface area contributed by atoms with Gasteiger partial charge in [0, 0.05) is 24.8 Å². The Morgan fingerprint density at radius 3 is 3.00 bits per heavy atom. The molecule has 1 aromatic heterocycles. The summed E-state index contributed by atoms with van der Waals surface area (Å²) in [5.41, 5.74) is 8.41. The molecule has 0 saturated heterocycles. The molecule has 0 aliphatic rings. The van der Waals surface area contributed by atoms with Gasteiger partial charge in [-0.25, -0.2) is 4.98 Å². The fourth-order valence-electron chi connectivity index (χ4n) is 1.90. The van der Waals surface area contributed by atoms with E-state index < -0.39 is 0 Å². The molecule has 0 radical (unpaired) electrons. The van der Waals surface area contributed by atoms with E-state index in [1.165, 1.54) is 0 Å². The lowest BCUT2D eigenvalue weighted by Gasteiger charge is -2.13. The van der Waals surface area contributed by atoms with E-state index in [1.807, 2.05) is 10.9 Å². The number of nitrogens with zero attached hydrogens (tertiary/aromatic N) is 1. The number of thiazole rings is 1. The summed E-state index contributed by atoms with van der Waals surface area (Å²) < 4.78 is 0. The zero-order valence-electron chi connectivity index (χ0n) is 11.0. The molecule has 1 heterocycles. The Morgan fingerprint density at radius 2 is 2.39 bits per heavy atom. The average molecular weight is 269 g/mol. The van der Waals surface area contributed by atoms with Crippen LogP contribution in [0.3, 0.4) is 0 Å². The molecule has 0 fully saturated rings. The summed E-state index contributed by atoms with van der Waals surface area (Å²) in [6.07, 6.45) is 4.48. The van der Waals surface area contributed by atoms with E-state index in [1.54, 1.807) is 11.3 Å². The smallest absolute Gasteiger partial charge is 0.220 e. The summed E-state index contributed by atoms with van der Waals surface area (Å²) >= 11 is 1.59. The minimum absolute atomic E-state index is 0.140. The summed E-state index contributed by atoms with van der Waals surface area (Å²) in [5.74, 6) is 0.722. The van der Waals surface area contributed by atoms with Gasteiger partial charge in [0.2, 0.25) is 5.91 Å². The van der Waals surface area contributed by atoms with Gasteiger partial charge in [0.25, 0.3) is 0 Å². The van der Waals surface area contributed by atoms with E-state index in [4.69, 9.17) is 5.73 Å². The van der Waals surface area contributed by atoms with Crippen LogP contribution in [0.15, 0.2) is 10.9 Å². The van der Waals surface area contributed by atoms with Crippen LogP contribution in [0.2, 0.25) is 0 Å². The lowest BCUT2D eigenvalue weighted by atomic mass is 9.96. The topological polar surface area (TPSA) is 68.0 Å². The molecule has 0 saturated carbocycles. The monoisotopic (exact) mass is 269 g/mol. The van der Waals surface area contributed by atoms with E-state index in [0.29, 0.717) is 25.4 Å². The molecule has 4 nitrogen and oxygen atoms in total. The second-order valence-corrected chi connectivity index (χ2v) is 5.19. The number of aromatic nitrogens is 1. The molecule has 102 valence electrons. The molecular formula is C13H23N3OS. The van der Waals surface area contributed by atoms with Crippen molar-refractivity contribution in [1.29, 1.82) is 0 Å². The molecule has 0 aliphatic heterocycles. The van der Waals surface area contributed by atoms with Crippen LogP contribution in [-0.4, -0.2) is 24.0 Å². The van der Waals surface area contributed by atoms with E-state index in [9.17, 15) is 4.79 Å². The van der Waals surface area contributed by atoms with Gasteiger partial charge >= 0.3 is 0 Å². The molecule has 0 aliphatic carbocycles. The van der Waals surface area contributed by atoms with Crippen molar-refractivity contribution in [3.05, 3.63) is 16.6 Å². The van der Waals surface area contributed by atoms with Gasteiger partial charge in [0.1, 0.15) is 0 Å². The maximum absolute atomic E-state index is 11.6. The average Bonchev–Trinajstić information content (AvgIpc) is 2.87. The number of carbonyl (C=O) groups excluding carboxylic acids is 1. The molecule has 0 bridgehead atoms. The highest BCUT2D eigenvalue weighted by molar-refractivity contribution is 7.07. The van der Waals surface area contributed by atoms with Crippen LogP contribution in [0.1, 0.15) is 38.3 Å². The first-order valence-corrected chi connectivity index (χ1v) is 7.54. The Hall–Kier alpha value is -0.940. The zero-order valence-corrected chi connectivity index (χ0v) is 11.8. The van der Waals surface area contributed by atoms with Gasteiger partial charge in [-0.05, 0) is 25.3 Å². The number of amides is 1. The van der Waals surface area contributed by atoms with Crippen molar-refractivity contribution in [3.63, 3.8) is 0 Å². The number of carbonyl (C=O) groups is 1. The van der Waals surface area contributed by atoms with Crippen LogP contribution in [0.25, 0.3) is 0 Å². The quantitative estimate of drug-likeness (QED) is 0.720. The van der Waals surface area contributed by atoms with Crippen LogP contribution in [-0.2, 0) is 11.2 Å². The minimum atomic E-state index is 0.140. The van der Waals surface area contributed by atoms with Gasteiger partial charge < -0.3 is 11.1 Å². The van der Waals surface area contributed by atoms with Crippen molar-refractivity contribution in [3.8, 4) is 0 Å². The Bertz CT molecular complexity index is 327. The highest BCUT2D eigenvalue weighted by Gasteiger charge is 2.08. The second-order valence-electron chi connectivity index (χ2n) is 4.47. The van der Waals surface area contributed by atoms with Crippen LogP contribution in [0.5, 0.6) is 0 Å². The first-order valence-electron chi connectivity index (χ1n) is 6.60. The van der Waals surface area contributed by atoms with Crippen molar-refractivity contribution in [1.82, 2.24) is 10.3 Å². The highest BCUT2D eigenvalue weighted by Crippen LogP contribution is 2.14. The zero-order chi connectivity index (χ0) is 13.2. The van der Waals surface area contributed by atoms with Crippen molar-refractivity contribution < 1.29 is 4.79 Å². The Kier molecular flexibility index (Phi) is 7.60. The Morgan fingerprint density at radius 1 is 1.56 bits per heavy atom. The molecule has 0 aromatic carbocycles.